The molecule has 0 aliphatic carbocycles. The SMILES string of the molecule is CCOc1ccc(-c2[nH]c3c(ccc4ccccc43)c2CCCCN)cc1. The Labute approximate surface area is 160 Å². The van der Waals surface area contributed by atoms with Crippen LogP contribution in [0.2, 0.25) is 0 Å². The smallest absolute Gasteiger partial charge is 0.119 e. The standard InChI is InChI=1S/C24H26N2O/c1-2-27-19-13-10-18(11-14-19)23-21(9-5-6-16-25)22-15-12-17-7-3-4-8-20(17)24(22)26-23/h3-4,7-8,10-15,26H,2,5-6,9,16,25H2,1H3. The van der Waals surface area contributed by atoms with E-state index in [9.17, 15) is 0 Å². The Kier molecular flexibility index (Phi) is 5.12. The largest absolute Gasteiger partial charge is 0.494 e. The fraction of sp³-hybridized carbons (Fsp3) is 0.250. The first kappa shape index (κ1) is 17.6. The summed E-state index contributed by atoms with van der Waals surface area (Å²) in [5, 5.41) is 3.85. The van der Waals surface area contributed by atoms with Crippen LogP contribution in [0.15, 0.2) is 60.7 Å². The Morgan fingerprint density at radius 3 is 2.48 bits per heavy atom. The summed E-state index contributed by atoms with van der Waals surface area (Å²) in [6.45, 7) is 3.43. The molecule has 27 heavy (non-hydrogen) atoms. The third-order valence-corrected chi connectivity index (χ3v) is 5.14. The molecule has 1 heterocycles. The van der Waals surface area contributed by atoms with Crippen LogP contribution >= 0.6 is 0 Å². The summed E-state index contributed by atoms with van der Waals surface area (Å²) in [4.78, 5) is 3.73. The molecule has 0 amide bonds. The first-order valence-electron chi connectivity index (χ1n) is 9.77. The molecule has 0 unspecified atom stereocenters. The van der Waals surface area contributed by atoms with E-state index >= 15 is 0 Å². The van der Waals surface area contributed by atoms with Gasteiger partial charge in [-0.3, -0.25) is 0 Å². The Morgan fingerprint density at radius 1 is 0.889 bits per heavy atom. The van der Waals surface area contributed by atoms with Crippen LogP contribution in [0.3, 0.4) is 0 Å². The van der Waals surface area contributed by atoms with Crippen molar-refractivity contribution in [3.05, 3.63) is 66.2 Å². The number of nitrogens with one attached hydrogen (secondary N) is 1. The lowest BCUT2D eigenvalue weighted by molar-refractivity contribution is 0.340. The van der Waals surface area contributed by atoms with E-state index in [4.69, 9.17) is 10.5 Å². The molecule has 0 radical (unpaired) electrons. The topological polar surface area (TPSA) is 51.0 Å². The van der Waals surface area contributed by atoms with Crippen LogP contribution in [0, 0.1) is 0 Å². The number of nitrogens with two attached hydrogens (primary N) is 1. The molecule has 0 aliphatic rings. The third kappa shape index (κ3) is 3.43. The monoisotopic (exact) mass is 358 g/mol. The maximum Gasteiger partial charge on any atom is 0.119 e. The molecule has 0 saturated carbocycles. The van der Waals surface area contributed by atoms with Crippen LogP contribution in [-0.4, -0.2) is 18.1 Å². The maximum absolute atomic E-state index is 5.73. The van der Waals surface area contributed by atoms with Crippen molar-refractivity contribution in [1.29, 1.82) is 0 Å². The predicted molar refractivity (Wildman–Crippen MR) is 114 cm³/mol. The van der Waals surface area contributed by atoms with Gasteiger partial charge in [0, 0.05) is 16.5 Å². The number of aromatic nitrogens is 1. The predicted octanol–water partition coefficient (Wildman–Crippen LogP) is 5.67. The Morgan fingerprint density at radius 2 is 1.70 bits per heavy atom. The highest BCUT2D eigenvalue weighted by molar-refractivity contribution is 6.08. The van der Waals surface area contributed by atoms with Gasteiger partial charge in [0.25, 0.3) is 0 Å². The van der Waals surface area contributed by atoms with Crippen molar-refractivity contribution >= 4 is 21.7 Å². The average molecular weight is 358 g/mol. The minimum Gasteiger partial charge on any atom is -0.494 e. The molecule has 0 bridgehead atoms. The summed E-state index contributed by atoms with van der Waals surface area (Å²) >= 11 is 0. The summed E-state index contributed by atoms with van der Waals surface area (Å²) in [6.07, 6.45) is 3.17. The number of rotatable bonds is 7. The van der Waals surface area contributed by atoms with E-state index in [1.54, 1.807) is 0 Å². The number of aromatic amines is 1. The second kappa shape index (κ2) is 7.85. The van der Waals surface area contributed by atoms with Gasteiger partial charge in [0.1, 0.15) is 5.75 Å². The zero-order valence-corrected chi connectivity index (χ0v) is 15.8. The van der Waals surface area contributed by atoms with E-state index in [1.165, 1.54) is 38.5 Å². The molecule has 4 rings (SSSR count). The average Bonchev–Trinajstić information content (AvgIpc) is 3.08. The number of benzene rings is 3. The van der Waals surface area contributed by atoms with E-state index in [-0.39, 0.29) is 0 Å². The second-order valence-electron chi connectivity index (χ2n) is 6.89. The second-order valence-corrected chi connectivity index (χ2v) is 6.89. The zero-order valence-electron chi connectivity index (χ0n) is 15.8. The van der Waals surface area contributed by atoms with Gasteiger partial charge in [-0.15, -0.1) is 0 Å². The van der Waals surface area contributed by atoms with Gasteiger partial charge >= 0.3 is 0 Å². The van der Waals surface area contributed by atoms with E-state index < -0.39 is 0 Å². The number of aryl methyl sites for hydroxylation is 1. The molecule has 0 aliphatic heterocycles. The lowest BCUT2D eigenvalue weighted by atomic mass is 9.99. The van der Waals surface area contributed by atoms with Crippen molar-refractivity contribution in [3.8, 4) is 17.0 Å². The van der Waals surface area contributed by atoms with Crippen LogP contribution in [0.25, 0.3) is 32.9 Å². The number of fused-ring (bicyclic) bond motifs is 3. The van der Waals surface area contributed by atoms with Gasteiger partial charge in [0.2, 0.25) is 0 Å². The minimum absolute atomic E-state index is 0.683. The van der Waals surface area contributed by atoms with Gasteiger partial charge < -0.3 is 15.5 Å². The fourth-order valence-corrected chi connectivity index (χ4v) is 3.83. The van der Waals surface area contributed by atoms with E-state index in [0.717, 1.165) is 31.6 Å². The first-order chi connectivity index (χ1) is 13.3. The van der Waals surface area contributed by atoms with Crippen molar-refractivity contribution < 1.29 is 4.74 Å². The van der Waals surface area contributed by atoms with Gasteiger partial charge in [-0.1, -0.05) is 36.4 Å². The molecular weight excluding hydrogens is 332 g/mol. The van der Waals surface area contributed by atoms with Crippen LogP contribution in [0.5, 0.6) is 5.75 Å². The quantitative estimate of drug-likeness (QED) is 0.418. The molecule has 0 saturated heterocycles. The van der Waals surface area contributed by atoms with Gasteiger partial charge in [-0.05, 0) is 73.5 Å². The number of H-pyrrole nitrogens is 1. The molecular formula is C24H26N2O. The molecule has 3 heteroatoms. The van der Waals surface area contributed by atoms with Gasteiger partial charge in [-0.25, -0.2) is 0 Å². The molecule has 1 aromatic heterocycles. The normalized spacial score (nSPS) is 11.3. The van der Waals surface area contributed by atoms with Gasteiger partial charge in [0.15, 0.2) is 0 Å². The third-order valence-electron chi connectivity index (χ3n) is 5.14. The molecule has 138 valence electrons. The summed E-state index contributed by atoms with van der Waals surface area (Å²) in [7, 11) is 0. The van der Waals surface area contributed by atoms with Crippen molar-refractivity contribution in [1.82, 2.24) is 4.98 Å². The summed E-state index contributed by atoms with van der Waals surface area (Å²) < 4.78 is 5.60. The number of unbranched alkanes of at least 4 members (excludes halogenated alkanes) is 1. The lowest BCUT2D eigenvalue weighted by Gasteiger charge is -2.07. The van der Waals surface area contributed by atoms with Crippen LogP contribution in [0.4, 0.5) is 0 Å². The zero-order chi connectivity index (χ0) is 18.6. The van der Waals surface area contributed by atoms with E-state index in [1.807, 2.05) is 19.1 Å². The van der Waals surface area contributed by atoms with Crippen LogP contribution in [-0.2, 0) is 6.42 Å². The van der Waals surface area contributed by atoms with Crippen LogP contribution < -0.4 is 10.5 Å². The molecule has 0 atom stereocenters. The van der Waals surface area contributed by atoms with E-state index in [2.05, 4.69) is 53.5 Å². The molecule has 0 fully saturated rings. The molecule has 3 aromatic carbocycles. The van der Waals surface area contributed by atoms with Gasteiger partial charge in [0.05, 0.1) is 12.1 Å². The van der Waals surface area contributed by atoms with Crippen molar-refractivity contribution in [2.45, 2.75) is 26.2 Å². The Bertz CT molecular complexity index is 1050. The number of ether oxygens (including phenoxy) is 1. The first-order valence-corrected chi connectivity index (χ1v) is 9.77. The molecule has 3 N–H and O–H groups in total. The highest BCUT2D eigenvalue weighted by atomic mass is 16.5. The highest BCUT2D eigenvalue weighted by Gasteiger charge is 2.15. The van der Waals surface area contributed by atoms with Crippen molar-refractivity contribution in [2.75, 3.05) is 13.2 Å². The van der Waals surface area contributed by atoms with Crippen molar-refractivity contribution in [2.24, 2.45) is 5.73 Å². The number of hydrogen-bond donors (Lipinski definition) is 2. The maximum atomic E-state index is 5.73. The summed E-state index contributed by atoms with van der Waals surface area (Å²) in [6, 6.07) is 21.4. The molecule has 4 aromatic rings. The summed E-state index contributed by atoms with van der Waals surface area (Å²) in [5.74, 6) is 0.910. The molecule has 0 spiro atoms. The highest BCUT2D eigenvalue weighted by Crippen LogP contribution is 2.35. The van der Waals surface area contributed by atoms with Crippen molar-refractivity contribution in [3.63, 3.8) is 0 Å². The minimum atomic E-state index is 0.683. The lowest BCUT2D eigenvalue weighted by Crippen LogP contribution is -1.99. The molecule has 3 nitrogen and oxygen atoms in total. The van der Waals surface area contributed by atoms with Gasteiger partial charge in [-0.2, -0.15) is 0 Å². The Hall–Kier alpha value is -2.78. The van der Waals surface area contributed by atoms with Crippen LogP contribution in [0.1, 0.15) is 25.3 Å². The van der Waals surface area contributed by atoms with E-state index in [0.29, 0.717) is 6.61 Å². The number of hydrogen-bond acceptors (Lipinski definition) is 2. The summed E-state index contributed by atoms with van der Waals surface area (Å²) in [5.41, 5.74) is 10.7. The fourth-order valence-electron chi connectivity index (χ4n) is 3.83. The Balaban J connectivity index is 1.86.